The highest BCUT2D eigenvalue weighted by atomic mass is 32.1. The highest BCUT2D eigenvalue weighted by Gasteiger charge is 2.22. The lowest BCUT2D eigenvalue weighted by molar-refractivity contribution is -0.137. The molecule has 2 aromatic carbocycles. The molecule has 0 aliphatic rings. The number of aromatic nitrogens is 2. The van der Waals surface area contributed by atoms with Gasteiger partial charge in [0.15, 0.2) is 6.10 Å². The minimum absolute atomic E-state index is 0.163. The topological polar surface area (TPSA) is 68.5 Å². The molecule has 7 heteroatoms. The zero-order chi connectivity index (χ0) is 19.5. The van der Waals surface area contributed by atoms with E-state index in [1.165, 1.54) is 16.2 Å². The van der Waals surface area contributed by atoms with Crippen molar-refractivity contribution >= 4 is 28.0 Å². The predicted octanol–water partition coefficient (Wildman–Crippen LogP) is 4.38. The van der Waals surface area contributed by atoms with Crippen LogP contribution in [0.5, 0.6) is 5.75 Å². The molecular formula is C21H19N3O3S. The quantitative estimate of drug-likeness (QED) is 0.486. The van der Waals surface area contributed by atoms with Crippen molar-refractivity contribution in [2.24, 2.45) is 0 Å². The standard InChI is InChI=1S/C21H19N3O3S/c1-14(26-17-10-5-8-15-7-3-4-9-16(15)17)21(25)24(2)13-19-22-20(23-27-19)18-11-6-12-28-18/h3-12,14H,13H2,1-2H3. The van der Waals surface area contributed by atoms with Crippen molar-refractivity contribution in [3.8, 4) is 16.5 Å². The number of thiophene rings is 1. The van der Waals surface area contributed by atoms with Gasteiger partial charge in [0.1, 0.15) is 5.75 Å². The summed E-state index contributed by atoms with van der Waals surface area (Å²) in [6.07, 6.45) is -0.643. The SMILES string of the molecule is CC(Oc1cccc2ccccc12)C(=O)N(C)Cc1nc(-c2cccs2)no1. The highest BCUT2D eigenvalue weighted by molar-refractivity contribution is 7.13. The largest absolute Gasteiger partial charge is 0.480 e. The monoisotopic (exact) mass is 393 g/mol. The maximum atomic E-state index is 12.7. The fourth-order valence-corrected chi connectivity index (χ4v) is 3.60. The molecule has 1 amide bonds. The Balaban J connectivity index is 1.43. The van der Waals surface area contributed by atoms with Crippen LogP contribution in [-0.2, 0) is 11.3 Å². The van der Waals surface area contributed by atoms with Crippen molar-refractivity contribution < 1.29 is 14.1 Å². The lowest BCUT2D eigenvalue weighted by Gasteiger charge is -2.21. The molecule has 1 atom stereocenters. The maximum Gasteiger partial charge on any atom is 0.263 e. The lowest BCUT2D eigenvalue weighted by atomic mass is 10.1. The first-order valence-electron chi connectivity index (χ1n) is 8.87. The van der Waals surface area contributed by atoms with E-state index in [2.05, 4.69) is 10.1 Å². The van der Waals surface area contributed by atoms with Gasteiger partial charge in [-0.2, -0.15) is 4.98 Å². The van der Waals surface area contributed by atoms with Crippen molar-refractivity contribution in [3.63, 3.8) is 0 Å². The van der Waals surface area contributed by atoms with Gasteiger partial charge >= 0.3 is 0 Å². The van der Waals surface area contributed by atoms with Gasteiger partial charge in [-0.1, -0.05) is 47.6 Å². The summed E-state index contributed by atoms with van der Waals surface area (Å²) < 4.78 is 11.2. The summed E-state index contributed by atoms with van der Waals surface area (Å²) in [6.45, 7) is 1.96. The van der Waals surface area contributed by atoms with Gasteiger partial charge < -0.3 is 14.2 Å². The Morgan fingerprint density at radius 1 is 1.18 bits per heavy atom. The lowest BCUT2D eigenvalue weighted by Crippen LogP contribution is -2.37. The summed E-state index contributed by atoms with van der Waals surface area (Å²) in [7, 11) is 1.69. The van der Waals surface area contributed by atoms with E-state index >= 15 is 0 Å². The molecule has 6 nitrogen and oxygen atoms in total. The molecule has 1 unspecified atom stereocenters. The fourth-order valence-electron chi connectivity index (χ4n) is 2.96. The number of carbonyl (C=O) groups excluding carboxylic acids is 1. The summed E-state index contributed by atoms with van der Waals surface area (Å²) in [5.74, 6) is 1.44. The maximum absolute atomic E-state index is 12.7. The summed E-state index contributed by atoms with van der Waals surface area (Å²) in [4.78, 5) is 19.6. The van der Waals surface area contributed by atoms with Crippen LogP contribution in [0.15, 0.2) is 64.5 Å². The van der Waals surface area contributed by atoms with Crippen LogP contribution in [-0.4, -0.2) is 34.1 Å². The van der Waals surface area contributed by atoms with Crippen LogP contribution in [0.2, 0.25) is 0 Å². The number of likely N-dealkylation sites (N-methyl/N-ethyl adjacent to an activating group) is 1. The first kappa shape index (κ1) is 18.2. The van der Waals surface area contributed by atoms with Crippen molar-refractivity contribution in [2.45, 2.75) is 19.6 Å². The third kappa shape index (κ3) is 3.75. The number of hydrogen-bond acceptors (Lipinski definition) is 6. The number of ether oxygens (including phenoxy) is 1. The third-order valence-electron chi connectivity index (χ3n) is 4.36. The molecule has 0 saturated heterocycles. The third-order valence-corrected chi connectivity index (χ3v) is 5.23. The smallest absolute Gasteiger partial charge is 0.263 e. The van der Waals surface area contributed by atoms with Crippen LogP contribution >= 0.6 is 11.3 Å². The molecule has 2 heterocycles. The Hall–Kier alpha value is -3.19. The van der Waals surface area contributed by atoms with Crippen LogP contribution in [0.25, 0.3) is 21.5 Å². The second-order valence-electron chi connectivity index (χ2n) is 6.42. The van der Waals surface area contributed by atoms with Crippen molar-refractivity contribution in [1.29, 1.82) is 0 Å². The zero-order valence-corrected chi connectivity index (χ0v) is 16.3. The van der Waals surface area contributed by atoms with Gasteiger partial charge in [-0.25, -0.2) is 0 Å². The van der Waals surface area contributed by atoms with E-state index in [-0.39, 0.29) is 12.5 Å². The van der Waals surface area contributed by atoms with Crippen molar-refractivity contribution in [1.82, 2.24) is 15.0 Å². The second kappa shape index (κ2) is 7.82. The van der Waals surface area contributed by atoms with Crippen LogP contribution < -0.4 is 4.74 Å². The molecule has 0 fully saturated rings. The van der Waals surface area contributed by atoms with Gasteiger partial charge in [-0.05, 0) is 29.8 Å². The summed E-state index contributed by atoms with van der Waals surface area (Å²) >= 11 is 1.54. The Kier molecular flexibility index (Phi) is 5.08. The molecule has 142 valence electrons. The molecule has 2 aromatic heterocycles. The van der Waals surface area contributed by atoms with Gasteiger partial charge in [0.25, 0.3) is 5.91 Å². The first-order chi connectivity index (χ1) is 13.6. The Bertz CT molecular complexity index is 1090. The second-order valence-corrected chi connectivity index (χ2v) is 7.37. The molecule has 0 aliphatic heterocycles. The average molecular weight is 393 g/mol. The summed E-state index contributed by atoms with van der Waals surface area (Å²) in [6, 6.07) is 17.6. The zero-order valence-electron chi connectivity index (χ0n) is 15.5. The highest BCUT2D eigenvalue weighted by Crippen LogP contribution is 2.26. The van der Waals surface area contributed by atoms with Gasteiger partial charge in [0.05, 0.1) is 11.4 Å². The molecular weight excluding hydrogens is 374 g/mol. The van der Waals surface area contributed by atoms with E-state index < -0.39 is 6.10 Å². The molecule has 0 saturated carbocycles. The molecule has 0 radical (unpaired) electrons. The van der Waals surface area contributed by atoms with E-state index in [0.29, 0.717) is 17.5 Å². The minimum Gasteiger partial charge on any atom is -0.480 e. The summed E-state index contributed by atoms with van der Waals surface area (Å²) in [5, 5.41) is 7.97. The van der Waals surface area contributed by atoms with Crippen LogP contribution in [0, 0.1) is 0 Å². The number of amides is 1. The van der Waals surface area contributed by atoms with Gasteiger partial charge in [-0.3, -0.25) is 4.79 Å². The fraction of sp³-hybridized carbons (Fsp3) is 0.190. The predicted molar refractivity (Wildman–Crippen MR) is 108 cm³/mol. The van der Waals surface area contributed by atoms with Crippen molar-refractivity contribution in [2.75, 3.05) is 7.05 Å². The van der Waals surface area contributed by atoms with E-state index in [1.54, 1.807) is 14.0 Å². The molecule has 0 aliphatic carbocycles. The first-order valence-corrected chi connectivity index (χ1v) is 9.75. The van der Waals surface area contributed by atoms with Gasteiger partial charge in [0.2, 0.25) is 11.7 Å². The van der Waals surface area contributed by atoms with Crippen LogP contribution in [0.3, 0.4) is 0 Å². The molecule has 4 aromatic rings. The summed E-state index contributed by atoms with van der Waals surface area (Å²) in [5.41, 5.74) is 0. The number of hydrogen-bond donors (Lipinski definition) is 0. The van der Waals surface area contributed by atoms with Crippen molar-refractivity contribution in [3.05, 3.63) is 65.9 Å². The number of nitrogens with zero attached hydrogens (tertiary/aromatic N) is 3. The number of fused-ring (bicyclic) bond motifs is 1. The van der Waals surface area contributed by atoms with Gasteiger partial charge in [-0.15, -0.1) is 11.3 Å². The number of rotatable bonds is 6. The Morgan fingerprint density at radius 3 is 2.82 bits per heavy atom. The van der Waals surface area contributed by atoms with E-state index in [9.17, 15) is 4.79 Å². The Labute approximate surface area is 166 Å². The van der Waals surface area contributed by atoms with E-state index in [1.807, 2.05) is 60.0 Å². The molecule has 4 rings (SSSR count). The van der Waals surface area contributed by atoms with Gasteiger partial charge in [0, 0.05) is 12.4 Å². The molecule has 0 N–H and O–H groups in total. The Morgan fingerprint density at radius 2 is 2.00 bits per heavy atom. The number of carbonyl (C=O) groups is 1. The van der Waals surface area contributed by atoms with E-state index in [4.69, 9.17) is 9.26 Å². The average Bonchev–Trinajstić information content (AvgIpc) is 3.39. The van der Waals surface area contributed by atoms with Crippen LogP contribution in [0.1, 0.15) is 12.8 Å². The number of benzene rings is 2. The molecule has 28 heavy (non-hydrogen) atoms. The molecule has 0 spiro atoms. The van der Waals surface area contributed by atoms with E-state index in [0.717, 1.165) is 15.6 Å². The minimum atomic E-state index is -0.643. The van der Waals surface area contributed by atoms with Crippen LogP contribution in [0.4, 0.5) is 0 Å². The normalized spacial score (nSPS) is 12.1. The molecule has 0 bridgehead atoms.